The largest absolute Gasteiger partial charge is 0.346 e. The van der Waals surface area contributed by atoms with E-state index in [9.17, 15) is 0 Å². The summed E-state index contributed by atoms with van der Waals surface area (Å²) in [4.78, 5) is 7.42. The fraction of sp³-hybridized carbons (Fsp3) is 0.667. The topological polar surface area (TPSA) is 28.7 Å². The second-order valence-electron chi connectivity index (χ2n) is 2.25. The Labute approximate surface area is 69.1 Å². The van der Waals surface area contributed by atoms with Gasteiger partial charge >= 0.3 is 0 Å². The van der Waals surface area contributed by atoms with Crippen LogP contribution in [0.3, 0.4) is 0 Å². The van der Waals surface area contributed by atoms with E-state index in [4.69, 9.17) is 0 Å². The number of hydrogen-bond acceptors (Lipinski definition) is 1. The van der Waals surface area contributed by atoms with Gasteiger partial charge in [0.15, 0.2) is 0 Å². The highest BCUT2D eigenvalue weighted by Gasteiger charge is 1.98. The van der Waals surface area contributed by atoms with Gasteiger partial charge in [-0.25, -0.2) is 4.98 Å². The standard InChI is InChI=1S/C7H12N2.C2H6/c1-4-7-5(2)8-6(3)9-7;1-2/h4H2,1-3H3,(H,8,9);1-2H3. The van der Waals surface area contributed by atoms with Crippen LogP contribution in [0.5, 0.6) is 0 Å². The third-order valence-electron chi connectivity index (χ3n) is 1.44. The van der Waals surface area contributed by atoms with Crippen molar-refractivity contribution in [2.45, 2.75) is 41.0 Å². The van der Waals surface area contributed by atoms with Crippen molar-refractivity contribution in [3.8, 4) is 0 Å². The molecular formula is C9H18N2. The summed E-state index contributed by atoms with van der Waals surface area (Å²) in [6.07, 6.45) is 1.02. The maximum Gasteiger partial charge on any atom is 0.103 e. The van der Waals surface area contributed by atoms with Crippen molar-refractivity contribution >= 4 is 0 Å². The molecule has 0 unspecified atom stereocenters. The molecule has 2 nitrogen and oxygen atoms in total. The fourth-order valence-electron chi connectivity index (χ4n) is 1.00. The fourth-order valence-corrected chi connectivity index (χ4v) is 1.00. The van der Waals surface area contributed by atoms with Crippen LogP contribution >= 0.6 is 0 Å². The molecular weight excluding hydrogens is 136 g/mol. The number of aryl methyl sites for hydroxylation is 3. The van der Waals surface area contributed by atoms with Gasteiger partial charge in [0.05, 0.1) is 5.69 Å². The Kier molecular flexibility index (Phi) is 4.59. The molecule has 0 aliphatic rings. The number of hydrogen-bond donors (Lipinski definition) is 1. The Morgan fingerprint density at radius 2 is 1.82 bits per heavy atom. The molecule has 1 rings (SSSR count). The second-order valence-corrected chi connectivity index (χ2v) is 2.25. The van der Waals surface area contributed by atoms with Crippen LogP contribution in [0.4, 0.5) is 0 Å². The molecule has 1 aromatic rings. The maximum atomic E-state index is 4.27. The Bertz CT molecular complexity index is 201. The van der Waals surface area contributed by atoms with Crippen molar-refractivity contribution < 1.29 is 0 Å². The highest BCUT2D eigenvalue weighted by atomic mass is 14.9. The lowest BCUT2D eigenvalue weighted by Crippen LogP contribution is -1.81. The van der Waals surface area contributed by atoms with Gasteiger partial charge in [0.1, 0.15) is 5.82 Å². The van der Waals surface area contributed by atoms with Crippen LogP contribution in [0.2, 0.25) is 0 Å². The lowest BCUT2D eigenvalue weighted by molar-refractivity contribution is 1.03. The molecule has 1 N–H and O–H groups in total. The van der Waals surface area contributed by atoms with Crippen molar-refractivity contribution in [2.75, 3.05) is 0 Å². The van der Waals surface area contributed by atoms with E-state index in [1.54, 1.807) is 0 Å². The summed E-state index contributed by atoms with van der Waals surface area (Å²) in [7, 11) is 0. The first-order chi connectivity index (χ1) is 5.24. The number of rotatable bonds is 1. The maximum absolute atomic E-state index is 4.27. The zero-order valence-electron chi connectivity index (χ0n) is 8.15. The van der Waals surface area contributed by atoms with E-state index in [-0.39, 0.29) is 0 Å². The summed E-state index contributed by atoms with van der Waals surface area (Å²) in [5, 5.41) is 0. The molecule has 0 fully saturated rings. The Morgan fingerprint density at radius 1 is 1.27 bits per heavy atom. The molecule has 0 radical (unpaired) electrons. The third-order valence-corrected chi connectivity index (χ3v) is 1.44. The summed E-state index contributed by atoms with van der Waals surface area (Å²) in [6.45, 7) is 10.1. The van der Waals surface area contributed by atoms with Gasteiger partial charge in [-0.15, -0.1) is 0 Å². The van der Waals surface area contributed by atoms with Crippen LogP contribution in [0.25, 0.3) is 0 Å². The van der Waals surface area contributed by atoms with E-state index in [0.29, 0.717) is 0 Å². The third kappa shape index (κ3) is 2.74. The average Bonchev–Trinajstić information content (AvgIpc) is 2.33. The van der Waals surface area contributed by atoms with Gasteiger partial charge in [0.25, 0.3) is 0 Å². The molecule has 0 saturated carbocycles. The van der Waals surface area contributed by atoms with Crippen LogP contribution in [-0.2, 0) is 6.42 Å². The molecule has 64 valence electrons. The summed E-state index contributed by atoms with van der Waals surface area (Å²) >= 11 is 0. The van der Waals surface area contributed by atoms with Gasteiger partial charge in [0, 0.05) is 5.69 Å². The number of aromatic amines is 1. The smallest absolute Gasteiger partial charge is 0.103 e. The van der Waals surface area contributed by atoms with Gasteiger partial charge in [-0.2, -0.15) is 0 Å². The van der Waals surface area contributed by atoms with Crippen LogP contribution in [0.15, 0.2) is 0 Å². The van der Waals surface area contributed by atoms with Crippen LogP contribution in [-0.4, -0.2) is 9.97 Å². The highest BCUT2D eigenvalue weighted by molar-refractivity contribution is 5.11. The Balaban J connectivity index is 0.000000461. The van der Waals surface area contributed by atoms with Crippen LogP contribution < -0.4 is 0 Å². The first kappa shape index (κ1) is 10.2. The summed E-state index contributed by atoms with van der Waals surface area (Å²) in [5.74, 6) is 1.02. The van der Waals surface area contributed by atoms with Gasteiger partial charge in [-0.1, -0.05) is 20.8 Å². The molecule has 2 heteroatoms. The molecule has 0 atom stereocenters. The van der Waals surface area contributed by atoms with Crippen molar-refractivity contribution in [1.82, 2.24) is 9.97 Å². The molecule has 0 bridgehead atoms. The number of nitrogens with one attached hydrogen (secondary N) is 1. The Hall–Kier alpha value is -0.790. The lowest BCUT2D eigenvalue weighted by Gasteiger charge is -1.86. The zero-order chi connectivity index (χ0) is 8.85. The summed E-state index contributed by atoms with van der Waals surface area (Å²) in [6, 6.07) is 0. The van der Waals surface area contributed by atoms with E-state index >= 15 is 0 Å². The molecule has 0 spiro atoms. The molecule has 1 aromatic heterocycles. The van der Waals surface area contributed by atoms with E-state index in [2.05, 4.69) is 23.8 Å². The molecule has 0 amide bonds. The molecule has 0 aliphatic carbocycles. The first-order valence-corrected chi connectivity index (χ1v) is 4.26. The van der Waals surface area contributed by atoms with Crippen LogP contribution in [0, 0.1) is 13.8 Å². The van der Waals surface area contributed by atoms with Gasteiger partial charge in [-0.3, -0.25) is 0 Å². The number of H-pyrrole nitrogens is 1. The monoisotopic (exact) mass is 154 g/mol. The number of aromatic nitrogens is 2. The predicted molar refractivity (Wildman–Crippen MR) is 48.8 cm³/mol. The first-order valence-electron chi connectivity index (χ1n) is 4.26. The minimum Gasteiger partial charge on any atom is -0.346 e. The van der Waals surface area contributed by atoms with Crippen molar-refractivity contribution in [2.24, 2.45) is 0 Å². The second kappa shape index (κ2) is 4.94. The number of nitrogens with zero attached hydrogens (tertiary/aromatic N) is 1. The van der Waals surface area contributed by atoms with E-state index in [0.717, 1.165) is 12.2 Å². The van der Waals surface area contributed by atoms with E-state index in [1.807, 2.05) is 20.8 Å². The summed E-state index contributed by atoms with van der Waals surface area (Å²) < 4.78 is 0. The lowest BCUT2D eigenvalue weighted by atomic mass is 10.3. The van der Waals surface area contributed by atoms with E-state index < -0.39 is 0 Å². The van der Waals surface area contributed by atoms with Crippen molar-refractivity contribution in [1.29, 1.82) is 0 Å². The van der Waals surface area contributed by atoms with Gasteiger partial charge < -0.3 is 4.98 Å². The number of imidazole rings is 1. The zero-order valence-corrected chi connectivity index (χ0v) is 8.15. The van der Waals surface area contributed by atoms with E-state index in [1.165, 1.54) is 11.4 Å². The molecule has 0 aromatic carbocycles. The molecule has 1 heterocycles. The van der Waals surface area contributed by atoms with Gasteiger partial charge in [0.2, 0.25) is 0 Å². The minimum atomic E-state index is 1.02. The predicted octanol–water partition coefficient (Wildman–Crippen LogP) is 2.62. The quantitative estimate of drug-likeness (QED) is 0.661. The molecule has 11 heavy (non-hydrogen) atoms. The molecule has 0 aliphatic heterocycles. The van der Waals surface area contributed by atoms with Crippen LogP contribution in [0.1, 0.15) is 38.0 Å². The van der Waals surface area contributed by atoms with Crippen molar-refractivity contribution in [3.05, 3.63) is 17.2 Å². The highest BCUT2D eigenvalue weighted by Crippen LogP contribution is 2.03. The van der Waals surface area contributed by atoms with Gasteiger partial charge in [-0.05, 0) is 20.3 Å². The SMILES string of the molecule is CC.CCc1nc(C)[nH]c1C. The van der Waals surface area contributed by atoms with Crippen molar-refractivity contribution in [3.63, 3.8) is 0 Å². The Morgan fingerprint density at radius 3 is 2.00 bits per heavy atom. The summed E-state index contributed by atoms with van der Waals surface area (Å²) in [5.41, 5.74) is 2.39. The minimum absolute atomic E-state index is 1.02. The molecule has 0 saturated heterocycles. The normalized spacial score (nSPS) is 8.82. The average molecular weight is 154 g/mol.